The minimum absolute atomic E-state index is 0.122. The summed E-state index contributed by atoms with van der Waals surface area (Å²) in [7, 11) is 0. The number of aliphatic hydroxyl groups excluding tert-OH is 1. The Balaban J connectivity index is 1.65. The molecule has 2 fully saturated rings. The monoisotopic (exact) mass is 376 g/mol. The predicted molar refractivity (Wildman–Crippen MR) is 104 cm³/mol. The first kappa shape index (κ1) is 20.1. The molecule has 2 saturated heterocycles. The average Bonchev–Trinajstić information content (AvgIpc) is 3.11. The van der Waals surface area contributed by atoms with Crippen LogP contribution in [0, 0.1) is 0 Å². The number of benzene rings is 1. The second-order valence-corrected chi connectivity index (χ2v) is 7.44. The molecule has 0 bridgehead atoms. The molecule has 3 N–H and O–H groups in total. The number of carbonyl (C=O) groups is 1. The van der Waals surface area contributed by atoms with Crippen molar-refractivity contribution in [2.45, 2.75) is 51.4 Å². The largest absolute Gasteiger partial charge is 0.494 e. The molecule has 3 unspecified atom stereocenters. The van der Waals surface area contributed by atoms with Crippen molar-refractivity contribution in [1.82, 2.24) is 20.7 Å². The van der Waals surface area contributed by atoms with E-state index in [2.05, 4.69) is 28.7 Å². The van der Waals surface area contributed by atoms with Crippen LogP contribution in [-0.2, 0) is 11.3 Å². The molecular formula is C20H32N4O3. The van der Waals surface area contributed by atoms with Crippen LogP contribution < -0.4 is 15.6 Å². The Labute approximate surface area is 161 Å². The molecule has 27 heavy (non-hydrogen) atoms. The van der Waals surface area contributed by atoms with Gasteiger partial charge in [0.2, 0.25) is 5.91 Å². The number of aliphatic hydroxyl groups is 1. The normalized spacial score (nSPS) is 26.3. The Bertz CT molecular complexity index is 627. The molecule has 3 rings (SSSR count). The molecular weight excluding hydrogens is 344 g/mol. The van der Waals surface area contributed by atoms with Crippen LogP contribution in [0.4, 0.5) is 0 Å². The summed E-state index contributed by atoms with van der Waals surface area (Å²) in [5, 5.41) is 9.54. The van der Waals surface area contributed by atoms with E-state index in [1.165, 1.54) is 0 Å². The minimum Gasteiger partial charge on any atom is -0.494 e. The molecule has 7 heteroatoms. The van der Waals surface area contributed by atoms with Crippen LogP contribution in [-0.4, -0.2) is 71.8 Å². The van der Waals surface area contributed by atoms with E-state index in [9.17, 15) is 9.90 Å². The lowest BCUT2D eigenvalue weighted by Crippen LogP contribution is -2.57. The van der Waals surface area contributed by atoms with Crippen molar-refractivity contribution in [2.75, 3.05) is 32.8 Å². The van der Waals surface area contributed by atoms with E-state index in [0.717, 1.165) is 30.8 Å². The number of hydrogen-bond donors (Lipinski definition) is 3. The molecule has 0 saturated carbocycles. The van der Waals surface area contributed by atoms with Gasteiger partial charge in [0.1, 0.15) is 11.8 Å². The van der Waals surface area contributed by atoms with Gasteiger partial charge in [-0.3, -0.25) is 15.1 Å². The maximum Gasteiger partial charge on any atom is 0.241 e. The Kier molecular flexibility index (Phi) is 7.07. The molecule has 2 aliphatic heterocycles. The second-order valence-electron chi connectivity index (χ2n) is 7.44. The molecule has 0 radical (unpaired) electrons. The van der Waals surface area contributed by atoms with E-state index >= 15 is 0 Å². The van der Waals surface area contributed by atoms with Gasteiger partial charge in [-0.25, -0.2) is 5.43 Å². The molecule has 2 aliphatic rings. The molecule has 0 spiro atoms. The number of piperazine rings is 1. The molecule has 150 valence electrons. The molecule has 3 atom stereocenters. The third-order valence-corrected chi connectivity index (χ3v) is 5.42. The minimum atomic E-state index is -0.153. The molecule has 0 aliphatic carbocycles. The highest BCUT2D eigenvalue weighted by Crippen LogP contribution is 2.24. The molecule has 1 aromatic carbocycles. The number of nitrogens with one attached hydrogen (secondary N) is 2. The van der Waals surface area contributed by atoms with Crippen molar-refractivity contribution < 1.29 is 14.6 Å². The average molecular weight is 377 g/mol. The highest BCUT2D eigenvalue weighted by molar-refractivity contribution is 5.82. The summed E-state index contributed by atoms with van der Waals surface area (Å²) >= 11 is 0. The maximum atomic E-state index is 12.8. The zero-order valence-electron chi connectivity index (χ0n) is 16.4. The summed E-state index contributed by atoms with van der Waals surface area (Å²) in [6, 6.07) is 8.41. The molecule has 1 aromatic rings. The number of para-hydroxylation sites is 1. The van der Waals surface area contributed by atoms with Crippen molar-refractivity contribution in [3.8, 4) is 5.75 Å². The zero-order valence-corrected chi connectivity index (χ0v) is 16.4. The fraction of sp³-hybridized carbons (Fsp3) is 0.650. The number of ether oxygens (including phenoxy) is 1. The van der Waals surface area contributed by atoms with E-state index in [1.54, 1.807) is 0 Å². The maximum absolute atomic E-state index is 12.8. The van der Waals surface area contributed by atoms with Crippen LogP contribution in [0.2, 0.25) is 0 Å². The molecule has 0 aromatic heterocycles. The number of amides is 1. The van der Waals surface area contributed by atoms with Crippen molar-refractivity contribution in [1.29, 1.82) is 0 Å². The zero-order chi connectivity index (χ0) is 19.2. The first-order valence-electron chi connectivity index (χ1n) is 9.97. The molecule has 2 heterocycles. The summed E-state index contributed by atoms with van der Waals surface area (Å²) in [4.78, 5) is 17.1. The van der Waals surface area contributed by atoms with Crippen molar-refractivity contribution in [2.24, 2.45) is 0 Å². The van der Waals surface area contributed by atoms with Crippen LogP contribution in [0.25, 0.3) is 0 Å². The Hall–Kier alpha value is -1.67. The van der Waals surface area contributed by atoms with Crippen LogP contribution >= 0.6 is 0 Å². The summed E-state index contributed by atoms with van der Waals surface area (Å²) in [5.74, 6) is 1.07. The van der Waals surface area contributed by atoms with E-state index in [0.29, 0.717) is 32.2 Å². The standard InChI is InChI=1S/C20H32N4O3/c1-3-27-19-7-5-4-6-16(19)13-23-9-10-24(14-17(23)8-11-25)20(26)18-12-15(2)21-22-18/h4-7,15,17-18,21-22,25H,3,8-14H2,1-2H3. The van der Waals surface area contributed by atoms with Crippen molar-refractivity contribution in [3.63, 3.8) is 0 Å². The summed E-state index contributed by atoms with van der Waals surface area (Å²) in [6.07, 6.45) is 1.47. The fourth-order valence-electron chi connectivity index (χ4n) is 3.97. The number of hydrogen-bond acceptors (Lipinski definition) is 6. The summed E-state index contributed by atoms with van der Waals surface area (Å²) in [5.41, 5.74) is 7.38. The number of carbonyl (C=O) groups excluding carboxylic acids is 1. The second kappa shape index (κ2) is 9.50. The van der Waals surface area contributed by atoms with Crippen LogP contribution in [0.5, 0.6) is 5.75 Å². The highest BCUT2D eigenvalue weighted by Gasteiger charge is 2.35. The SMILES string of the molecule is CCOc1ccccc1CN1CCN(C(=O)C2CC(C)NN2)CC1CCO. The number of rotatable bonds is 7. The topological polar surface area (TPSA) is 77.1 Å². The quantitative estimate of drug-likeness (QED) is 0.652. The van der Waals surface area contributed by atoms with E-state index in [4.69, 9.17) is 4.74 Å². The van der Waals surface area contributed by atoms with Crippen LogP contribution in [0.1, 0.15) is 32.3 Å². The van der Waals surface area contributed by atoms with Crippen LogP contribution in [0.3, 0.4) is 0 Å². The Morgan fingerprint density at radius 2 is 2.11 bits per heavy atom. The summed E-state index contributed by atoms with van der Waals surface area (Å²) in [6.45, 7) is 7.75. The van der Waals surface area contributed by atoms with Gasteiger partial charge in [-0.2, -0.15) is 0 Å². The highest BCUT2D eigenvalue weighted by atomic mass is 16.5. The lowest BCUT2D eigenvalue weighted by atomic mass is 10.0. The van der Waals surface area contributed by atoms with Gasteiger partial charge in [-0.15, -0.1) is 0 Å². The first-order valence-corrected chi connectivity index (χ1v) is 9.97. The lowest BCUT2D eigenvalue weighted by molar-refractivity contribution is -0.136. The number of hydrazine groups is 1. The van der Waals surface area contributed by atoms with Gasteiger partial charge < -0.3 is 14.7 Å². The smallest absolute Gasteiger partial charge is 0.241 e. The van der Waals surface area contributed by atoms with Gasteiger partial charge in [0.25, 0.3) is 0 Å². The Morgan fingerprint density at radius 1 is 1.30 bits per heavy atom. The van der Waals surface area contributed by atoms with Gasteiger partial charge in [-0.1, -0.05) is 18.2 Å². The van der Waals surface area contributed by atoms with Gasteiger partial charge in [0, 0.05) is 50.4 Å². The van der Waals surface area contributed by atoms with E-state index in [-0.39, 0.29) is 24.6 Å². The third-order valence-electron chi connectivity index (χ3n) is 5.42. The van der Waals surface area contributed by atoms with Gasteiger partial charge in [0.15, 0.2) is 0 Å². The molecule has 7 nitrogen and oxygen atoms in total. The van der Waals surface area contributed by atoms with E-state index < -0.39 is 0 Å². The fourth-order valence-corrected chi connectivity index (χ4v) is 3.97. The third kappa shape index (κ3) is 4.99. The van der Waals surface area contributed by atoms with Crippen molar-refractivity contribution in [3.05, 3.63) is 29.8 Å². The first-order chi connectivity index (χ1) is 13.1. The lowest BCUT2D eigenvalue weighted by Gasteiger charge is -2.42. The van der Waals surface area contributed by atoms with Gasteiger partial charge in [-0.05, 0) is 32.8 Å². The predicted octanol–water partition coefficient (Wildman–Crippen LogP) is 0.736. The van der Waals surface area contributed by atoms with Crippen LogP contribution in [0.15, 0.2) is 24.3 Å². The number of nitrogens with zero attached hydrogens (tertiary/aromatic N) is 2. The van der Waals surface area contributed by atoms with E-state index in [1.807, 2.05) is 30.0 Å². The van der Waals surface area contributed by atoms with Gasteiger partial charge >= 0.3 is 0 Å². The Morgan fingerprint density at radius 3 is 2.81 bits per heavy atom. The van der Waals surface area contributed by atoms with Crippen molar-refractivity contribution >= 4 is 5.91 Å². The van der Waals surface area contributed by atoms with Gasteiger partial charge in [0.05, 0.1) is 6.61 Å². The summed E-state index contributed by atoms with van der Waals surface area (Å²) < 4.78 is 5.75. The molecule has 1 amide bonds.